The van der Waals surface area contributed by atoms with Crippen LogP contribution in [0.25, 0.3) is 0 Å². The van der Waals surface area contributed by atoms with Gasteiger partial charge in [0, 0.05) is 25.4 Å². The van der Waals surface area contributed by atoms with Crippen LogP contribution in [-0.2, 0) is 9.59 Å². The van der Waals surface area contributed by atoms with Crippen LogP contribution >= 0.6 is 11.6 Å². The molecule has 2 N–H and O–H groups in total. The Balaban J connectivity index is 2.47. The Morgan fingerprint density at radius 1 is 1.35 bits per heavy atom. The molecule has 4 nitrogen and oxygen atoms in total. The zero-order chi connectivity index (χ0) is 13.1. The van der Waals surface area contributed by atoms with Crippen molar-refractivity contribution in [3.63, 3.8) is 0 Å². The fourth-order valence-corrected chi connectivity index (χ4v) is 2.22. The second-order valence-corrected chi connectivity index (χ2v) is 5.69. The van der Waals surface area contributed by atoms with Gasteiger partial charge in [0.25, 0.3) is 0 Å². The lowest BCUT2D eigenvalue weighted by Gasteiger charge is -2.36. The van der Waals surface area contributed by atoms with Gasteiger partial charge in [-0.1, -0.05) is 0 Å². The van der Waals surface area contributed by atoms with E-state index in [0.717, 1.165) is 12.8 Å². The molecule has 0 aromatic rings. The first kappa shape index (κ1) is 14.3. The van der Waals surface area contributed by atoms with Crippen LogP contribution in [0.4, 0.5) is 0 Å². The van der Waals surface area contributed by atoms with E-state index in [9.17, 15) is 9.59 Å². The number of primary amides is 1. The minimum atomic E-state index is -0.502. The van der Waals surface area contributed by atoms with Gasteiger partial charge in [-0.2, -0.15) is 0 Å². The number of hydrogen-bond acceptors (Lipinski definition) is 2. The summed E-state index contributed by atoms with van der Waals surface area (Å²) in [5.41, 5.74) is 4.67. The van der Waals surface area contributed by atoms with Gasteiger partial charge in [0.05, 0.1) is 5.41 Å². The fraction of sp³-hybridized carbons (Fsp3) is 0.833. The molecule has 1 aliphatic rings. The first-order valence-corrected chi connectivity index (χ1v) is 6.54. The summed E-state index contributed by atoms with van der Waals surface area (Å²) in [7, 11) is 0. The number of carbonyl (C=O) groups is 2. The summed E-state index contributed by atoms with van der Waals surface area (Å²) in [5.74, 6) is 0.504. The van der Waals surface area contributed by atoms with Crippen LogP contribution in [-0.4, -0.2) is 35.7 Å². The van der Waals surface area contributed by atoms with Crippen LogP contribution in [0.5, 0.6) is 0 Å². The molecular weight excluding hydrogens is 240 g/mol. The van der Waals surface area contributed by atoms with Crippen molar-refractivity contribution < 1.29 is 9.59 Å². The standard InChI is InChI=1S/C12H21ClN2O2/c1-12(2,8-13)11(17)15-5-3-9(4-6-15)7-10(14)16/h9H,3-8H2,1-2H3,(H2,14,16). The zero-order valence-electron chi connectivity index (χ0n) is 10.5. The van der Waals surface area contributed by atoms with Crippen molar-refractivity contribution >= 4 is 23.4 Å². The maximum atomic E-state index is 12.1. The molecule has 0 aliphatic carbocycles. The number of rotatable bonds is 4. The Hall–Kier alpha value is -0.770. The second-order valence-electron chi connectivity index (χ2n) is 5.42. The van der Waals surface area contributed by atoms with E-state index in [0.29, 0.717) is 31.3 Å². The summed E-state index contributed by atoms with van der Waals surface area (Å²) < 4.78 is 0. The van der Waals surface area contributed by atoms with Gasteiger partial charge in [-0.15, -0.1) is 11.6 Å². The summed E-state index contributed by atoms with van der Waals surface area (Å²) >= 11 is 5.80. The molecule has 1 aliphatic heterocycles. The molecule has 0 bridgehead atoms. The molecule has 2 amide bonds. The maximum Gasteiger partial charge on any atom is 0.229 e. The lowest BCUT2D eigenvalue weighted by molar-refractivity contribution is -0.140. The third-order valence-electron chi connectivity index (χ3n) is 3.30. The number of halogens is 1. The van der Waals surface area contributed by atoms with Gasteiger partial charge in [0.2, 0.25) is 11.8 Å². The highest BCUT2D eigenvalue weighted by Gasteiger charge is 2.33. The summed E-state index contributed by atoms with van der Waals surface area (Å²) in [4.78, 5) is 24.8. The maximum absolute atomic E-state index is 12.1. The van der Waals surface area contributed by atoms with Crippen molar-refractivity contribution in [3.05, 3.63) is 0 Å². The summed E-state index contributed by atoms with van der Waals surface area (Å²) in [6.45, 7) is 5.13. The Kier molecular flexibility index (Phi) is 4.80. The van der Waals surface area contributed by atoms with Gasteiger partial charge in [0.15, 0.2) is 0 Å². The molecule has 1 fully saturated rings. The first-order chi connectivity index (χ1) is 7.86. The molecular formula is C12H21ClN2O2. The fourth-order valence-electron chi connectivity index (χ4n) is 2.11. The average Bonchev–Trinajstić information content (AvgIpc) is 2.28. The minimum absolute atomic E-state index is 0.102. The van der Waals surface area contributed by atoms with Crippen molar-refractivity contribution in [3.8, 4) is 0 Å². The molecule has 17 heavy (non-hydrogen) atoms. The van der Waals surface area contributed by atoms with E-state index in [2.05, 4.69) is 0 Å². The van der Waals surface area contributed by atoms with Gasteiger partial charge >= 0.3 is 0 Å². The minimum Gasteiger partial charge on any atom is -0.370 e. The van der Waals surface area contributed by atoms with Crippen molar-refractivity contribution in [2.75, 3.05) is 19.0 Å². The highest BCUT2D eigenvalue weighted by atomic mass is 35.5. The lowest BCUT2D eigenvalue weighted by atomic mass is 9.89. The van der Waals surface area contributed by atoms with Crippen molar-refractivity contribution in [1.29, 1.82) is 0 Å². The molecule has 0 unspecified atom stereocenters. The molecule has 1 heterocycles. The lowest BCUT2D eigenvalue weighted by Crippen LogP contribution is -2.46. The average molecular weight is 261 g/mol. The molecule has 1 saturated heterocycles. The predicted octanol–water partition coefficient (Wildman–Crippen LogP) is 1.37. The Morgan fingerprint density at radius 3 is 2.29 bits per heavy atom. The highest BCUT2D eigenvalue weighted by molar-refractivity contribution is 6.19. The first-order valence-electron chi connectivity index (χ1n) is 6.00. The van der Waals surface area contributed by atoms with E-state index in [1.807, 2.05) is 18.7 Å². The van der Waals surface area contributed by atoms with E-state index >= 15 is 0 Å². The number of piperidine rings is 1. The molecule has 0 aromatic carbocycles. The second kappa shape index (κ2) is 5.71. The SMILES string of the molecule is CC(C)(CCl)C(=O)N1CCC(CC(N)=O)CC1. The van der Waals surface area contributed by atoms with E-state index in [1.165, 1.54) is 0 Å². The van der Waals surface area contributed by atoms with Gasteiger partial charge in [-0.05, 0) is 32.6 Å². The predicted molar refractivity (Wildman–Crippen MR) is 67.6 cm³/mol. The van der Waals surface area contributed by atoms with Crippen LogP contribution < -0.4 is 5.73 Å². The number of nitrogens with zero attached hydrogens (tertiary/aromatic N) is 1. The van der Waals surface area contributed by atoms with Crippen LogP contribution in [0.2, 0.25) is 0 Å². The van der Waals surface area contributed by atoms with Gasteiger partial charge < -0.3 is 10.6 Å². The third-order valence-corrected chi connectivity index (χ3v) is 3.97. The number of alkyl halides is 1. The molecule has 98 valence electrons. The van der Waals surface area contributed by atoms with Gasteiger partial charge in [-0.3, -0.25) is 9.59 Å². The van der Waals surface area contributed by atoms with Crippen molar-refractivity contribution in [2.24, 2.45) is 17.1 Å². The molecule has 0 spiro atoms. The Labute approximate surface area is 107 Å². The quantitative estimate of drug-likeness (QED) is 0.776. The molecule has 0 radical (unpaired) electrons. The molecule has 1 rings (SSSR count). The number of likely N-dealkylation sites (tertiary alicyclic amines) is 1. The Morgan fingerprint density at radius 2 is 1.88 bits per heavy atom. The van der Waals surface area contributed by atoms with Crippen LogP contribution in [0.15, 0.2) is 0 Å². The summed E-state index contributed by atoms with van der Waals surface area (Å²) in [5, 5.41) is 0. The van der Waals surface area contributed by atoms with Gasteiger partial charge in [0.1, 0.15) is 0 Å². The van der Waals surface area contributed by atoms with E-state index in [-0.39, 0.29) is 11.8 Å². The number of amides is 2. The van der Waals surface area contributed by atoms with Crippen LogP contribution in [0.1, 0.15) is 33.1 Å². The third kappa shape index (κ3) is 3.87. The van der Waals surface area contributed by atoms with Crippen LogP contribution in [0.3, 0.4) is 0 Å². The van der Waals surface area contributed by atoms with Crippen molar-refractivity contribution in [1.82, 2.24) is 4.90 Å². The van der Waals surface area contributed by atoms with E-state index in [4.69, 9.17) is 17.3 Å². The topological polar surface area (TPSA) is 63.4 Å². The molecule has 5 heteroatoms. The van der Waals surface area contributed by atoms with E-state index < -0.39 is 5.41 Å². The molecule has 0 saturated carbocycles. The van der Waals surface area contributed by atoms with E-state index in [1.54, 1.807) is 0 Å². The number of carbonyl (C=O) groups excluding carboxylic acids is 2. The number of nitrogens with two attached hydrogens (primary N) is 1. The van der Waals surface area contributed by atoms with Crippen LogP contribution in [0, 0.1) is 11.3 Å². The molecule has 0 atom stereocenters. The zero-order valence-corrected chi connectivity index (χ0v) is 11.3. The summed E-state index contributed by atoms with van der Waals surface area (Å²) in [6, 6.07) is 0. The largest absolute Gasteiger partial charge is 0.370 e. The van der Waals surface area contributed by atoms with Crippen molar-refractivity contribution in [2.45, 2.75) is 33.1 Å². The molecule has 0 aromatic heterocycles. The monoisotopic (exact) mass is 260 g/mol. The highest BCUT2D eigenvalue weighted by Crippen LogP contribution is 2.26. The number of hydrogen-bond donors (Lipinski definition) is 1. The normalized spacial score (nSPS) is 18.2. The smallest absolute Gasteiger partial charge is 0.229 e. The Bertz CT molecular complexity index is 297. The van der Waals surface area contributed by atoms with Gasteiger partial charge in [-0.25, -0.2) is 0 Å². The summed E-state index contributed by atoms with van der Waals surface area (Å²) in [6.07, 6.45) is 2.14.